The molecular formula is C15H17ClN2. The monoisotopic (exact) mass is 260 g/mol. The first-order chi connectivity index (χ1) is 8.65. The number of hydrogen-bond donors (Lipinski definition) is 1. The van der Waals surface area contributed by atoms with Crippen molar-refractivity contribution in [3.8, 4) is 0 Å². The first kappa shape index (κ1) is 12.9. The van der Waals surface area contributed by atoms with Crippen LogP contribution >= 0.6 is 11.6 Å². The molecule has 0 aromatic heterocycles. The molecule has 18 heavy (non-hydrogen) atoms. The second-order valence-corrected chi connectivity index (χ2v) is 4.94. The zero-order chi connectivity index (χ0) is 13.0. The maximum atomic E-state index is 5.98. The fourth-order valence-corrected chi connectivity index (χ4v) is 2.18. The first-order valence-electron chi connectivity index (χ1n) is 5.91. The lowest BCUT2D eigenvalue weighted by molar-refractivity contribution is 0.319. The van der Waals surface area contributed by atoms with Crippen LogP contribution in [-0.4, -0.2) is 11.9 Å². The molecule has 0 fully saturated rings. The lowest BCUT2D eigenvalue weighted by Crippen LogP contribution is -2.18. The van der Waals surface area contributed by atoms with Gasteiger partial charge in [0.05, 0.1) is 0 Å². The van der Waals surface area contributed by atoms with E-state index < -0.39 is 0 Å². The molecule has 2 N–H and O–H groups in total. The molecule has 0 aliphatic heterocycles. The molecule has 0 radical (unpaired) electrons. The molecule has 0 saturated heterocycles. The van der Waals surface area contributed by atoms with Gasteiger partial charge in [-0.1, -0.05) is 41.9 Å². The molecule has 0 saturated carbocycles. The highest BCUT2D eigenvalue weighted by atomic mass is 35.5. The average Bonchev–Trinajstić information content (AvgIpc) is 2.32. The van der Waals surface area contributed by atoms with E-state index in [-0.39, 0.29) is 0 Å². The number of nitrogens with two attached hydrogens (primary N) is 1. The summed E-state index contributed by atoms with van der Waals surface area (Å²) < 4.78 is 0. The smallest absolute Gasteiger partial charge is 0.0409 e. The topological polar surface area (TPSA) is 29.3 Å². The summed E-state index contributed by atoms with van der Waals surface area (Å²) in [5.41, 5.74) is 9.14. The maximum absolute atomic E-state index is 5.98. The van der Waals surface area contributed by atoms with Gasteiger partial charge in [0.2, 0.25) is 0 Å². The van der Waals surface area contributed by atoms with Crippen LogP contribution in [0.15, 0.2) is 48.5 Å². The highest BCUT2D eigenvalue weighted by Crippen LogP contribution is 2.16. The normalized spacial score (nSPS) is 10.8. The zero-order valence-corrected chi connectivity index (χ0v) is 11.2. The second-order valence-electron chi connectivity index (χ2n) is 4.50. The summed E-state index contributed by atoms with van der Waals surface area (Å²) in [7, 11) is 2.08. The Morgan fingerprint density at radius 3 is 2.56 bits per heavy atom. The summed E-state index contributed by atoms with van der Waals surface area (Å²) in [5.74, 6) is 0. The quantitative estimate of drug-likeness (QED) is 0.852. The van der Waals surface area contributed by atoms with Crippen molar-refractivity contribution < 1.29 is 0 Å². The van der Waals surface area contributed by atoms with E-state index in [2.05, 4.69) is 24.1 Å². The van der Waals surface area contributed by atoms with Gasteiger partial charge >= 0.3 is 0 Å². The number of rotatable bonds is 4. The number of anilines is 1. The minimum atomic E-state index is 0.778. The van der Waals surface area contributed by atoms with Crippen molar-refractivity contribution in [2.75, 3.05) is 12.8 Å². The largest absolute Gasteiger partial charge is 0.398 e. The number of nitrogen functional groups attached to an aromatic ring is 1. The molecule has 2 aromatic carbocycles. The summed E-state index contributed by atoms with van der Waals surface area (Å²) in [6.07, 6.45) is 0. The number of para-hydroxylation sites is 1. The highest BCUT2D eigenvalue weighted by Gasteiger charge is 2.04. The molecule has 0 aliphatic rings. The van der Waals surface area contributed by atoms with Crippen LogP contribution in [0, 0.1) is 0 Å². The van der Waals surface area contributed by atoms with Gasteiger partial charge in [0.1, 0.15) is 0 Å². The molecule has 0 unspecified atom stereocenters. The third kappa shape index (κ3) is 3.49. The second kappa shape index (κ2) is 5.89. The van der Waals surface area contributed by atoms with Crippen molar-refractivity contribution >= 4 is 17.3 Å². The van der Waals surface area contributed by atoms with Crippen LogP contribution < -0.4 is 5.73 Å². The molecule has 2 rings (SSSR count). The Hall–Kier alpha value is -1.51. The van der Waals surface area contributed by atoms with Crippen molar-refractivity contribution in [3.63, 3.8) is 0 Å². The van der Waals surface area contributed by atoms with Gasteiger partial charge in [0.15, 0.2) is 0 Å². The van der Waals surface area contributed by atoms with Gasteiger partial charge in [-0.05, 0) is 36.4 Å². The van der Waals surface area contributed by atoms with Crippen LogP contribution in [0.5, 0.6) is 0 Å². The first-order valence-corrected chi connectivity index (χ1v) is 6.29. The number of hydrogen-bond acceptors (Lipinski definition) is 2. The molecule has 3 heteroatoms. The molecule has 2 aromatic rings. The Kier molecular flexibility index (Phi) is 4.24. The van der Waals surface area contributed by atoms with Gasteiger partial charge in [-0.2, -0.15) is 0 Å². The third-order valence-corrected chi connectivity index (χ3v) is 3.07. The van der Waals surface area contributed by atoms with Crippen molar-refractivity contribution in [2.24, 2.45) is 0 Å². The summed E-state index contributed by atoms with van der Waals surface area (Å²) >= 11 is 5.98. The molecular weight excluding hydrogens is 244 g/mol. The molecule has 0 aliphatic carbocycles. The van der Waals surface area contributed by atoms with Crippen molar-refractivity contribution in [2.45, 2.75) is 13.1 Å². The van der Waals surface area contributed by atoms with E-state index in [0.717, 1.165) is 29.4 Å². The van der Waals surface area contributed by atoms with E-state index in [1.165, 1.54) is 5.56 Å². The maximum Gasteiger partial charge on any atom is 0.0409 e. The van der Waals surface area contributed by atoms with Crippen LogP contribution in [-0.2, 0) is 13.1 Å². The lowest BCUT2D eigenvalue weighted by Gasteiger charge is -2.18. The van der Waals surface area contributed by atoms with E-state index in [4.69, 9.17) is 17.3 Å². The number of benzene rings is 2. The van der Waals surface area contributed by atoms with Crippen molar-refractivity contribution in [1.82, 2.24) is 4.90 Å². The molecule has 94 valence electrons. The van der Waals surface area contributed by atoms with E-state index in [1.807, 2.05) is 36.4 Å². The van der Waals surface area contributed by atoms with Crippen LogP contribution in [0.2, 0.25) is 5.02 Å². The number of halogens is 1. The average molecular weight is 261 g/mol. The van der Waals surface area contributed by atoms with Crippen LogP contribution in [0.3, 0.4) is 0 Å². The fraction of sp³-hybridized carbons (Fsp3) is 0.200. The van der Waals surface area contributed by atoms with Gasteiger partial charge in [0, 0.05) is 23.8 Å². The lowest BCUT2D eigenvalue weighted by atomic mass is 10.1. The Bertz CT molecular complexity index is 525. The Balaban J connectivity index is 2.01. The Labute approximate surface area is 113 Å². The summed E-state index contributed by atoms with van der Waals surface area (Å²) in [6.45, 7) is 1.69. The van der Waals surface area contributed by atoms with Crippen LogP contribution in [0.25, 0.3) is 0 Å². The van der Waals surface area contributed by atoms with Gasteiger partial charge in [-0.25, -0.2) is 0 Å². The van der Waals surface area contributed by atoms with Gasteiger partial charge in [-0.3, -0.25) is 4.90 Å². The van der Waals surface area contributed by atoms with Crippen molar-refractivity contribution in [1.29, 1.82) is 0 Å². The minimum Gasteiger partial charge on any atom is -0.398 e. The molecule has 0 spiro atoms. The molecule has 0 atom stereocenters. The highest BCUT2D eigenvalue weighted by molar-refractivity contribution is 6.30. The predicted octanol–water partition coefficient (Wildman–Crippen LogP) is 3.55. The Morgan fingerprint density at radius 2 is 1.83 bits per heavy atom. The van der Waals surface area contributed by atoms with E-state index in [0.29, 0.717) is 0 Å². The fourth-order valence-electron chi connectivity index (χ4n) is 1.97. The third-order valence-electron chi connectivity index (χ3n) is 2.84. The zero-order valence-electron chi connectivity index (χ0n) is 10.4. The van der Waals surface area contributed by atoms with Gasteiger partial charge in [0.25, 0.3) is 0 Å². The van der Waals surface area contributed by atoms with Gasteiger partial charge in [-0.15, -0.1) is 0 Å². The van der Waals surface area contributed by atoms with E-state index >= 15 is 0 Å². The molecule has 0 bridgehead atoms. The summed E-state index contributed by atoms with van der Waals surface area (Å²) in [5, 5.41) is 0.778. The molecule has 2 nitrogen and oxygen atoms in total. The van der Waals surface area contributed by atoms with E-state index in [1.54, 1.807) is 0 Å². The van der Waals surface area contributed by atoms with E-state index in [9.17, 15) is 0 Å². The van der Waals surface area contributed by atoms with Crippen LogP contribution in [0.4, 0.5) is 5.69 Å². The van der Waals surface area contributed by atoms with Crippen LogP contribution in [0.1, 0.15) is 11.1 Å². The van der Waals surface area contributed by atoms with Gasteiger partial charge < -0.3 is 5.73 Å². The standard InChI is InChI=1S/C15H17ClN2/c1-18(10-12-5-4-7-14(16)9-12)11-13-6-2-3-8-15(13)17/h2-9H,10-11,17H2,1H3. The number of nitrogens with zero attached hydrogens (tertiary/aromatic N) is 1. The van der Waals surface area contributed by atoms with Crippen molar-refractivity contribution in [3.05, 3.63) is 64.7 Å². The SMILES string of the molecule is CN(Cc1cccc(Cl)c1)Cc1ccccc1N. The summed E-state index contributed by atoms with van der Waals surface area (Å²) in [4.78, 5) is 2.22. The molecule has 0 heterocycles. The summed E-state index contributed by atoms with van der Waals surface area (Å²) in [6, 6.07) is 15.9. The predicted molar refractivity (Wildman–Crippen MR) is 77.5 cm³/mol. The minimum absolute atomic E-state index is 0.778. The Morgan fingerprint density at radius 1 is 1.06 bits per heavy atom. The molecule has 0 amide bonds.